The standard InChI is InChI=1S/C22H20O3/c1-14(23)16-7-9-21-18(12-16)19-13-17(8-10-22(19)25-21)20(24)11-15-5-3-2-4-6-15/h2-10,12-14,20,23-24H,11H2,1H3. The zero-order valence-corrected chi connectivity index (χ0v) is 14.0. The molecule has 4 aromatic rings. The predicted molar refractivity (Wildman–Crippen MR) is 99.5 cm³/mol. The van der Waals surface area contributed by atoms with Crippen LogP contribution in [0.1, 0.15) is 35.8 Å². The number of fused-ring (bicyclic) bond motifs is 3. The van der Waals surface area contributed by atoms with Crippen molar-refractivity contribution >= 4 is 21.9 Å². The highest BCUT2D eigenvalue weighted by Gasteiger charge is 2.14. The first kappa shape index (κ1) is 15.9. The first-order chi connectivity index (χ1) is 12.1. The molecule has 3 nitrogen and oxygen atoms in total. The van der Waals surface area contributed by atoms with E-state index in [-0.39, 0.29) is 0 Å². The molecule has 25 heavy (non-hydrogen) atoms. The Bertz CT molecular complexity index is 1020. The fraction of sp³-hybridized carbons (Fsp3) is 0.182. The van der Waals surface area contributed by atoms with Crippen LogP contribution in [0.25, 0.3) is 21.9 Å². The van der Waals surface area contributed by atoms with Gasteiger partial charge in [-0.15, -0.1) is 0 Å². The Labute approximate surface area is 146 Å². The van der Waals surface area contributed by atoms with E-state index in [9.17, 15) is 10.2 Å². The van der Waals surface area contributed by atoms with E-state index in [1.807, 2.05) is 66.7 Å². The van der Waals surface area contributed by atoms with Crippen LogP contribution < -0.4 is 0 Å². The molecule has 2 N–H and O–H groups in total. The summed E-state index contributed by atoms with van der Waals surface area (Å²) in [6.07, 6.45) is -0.529. The summed E-state index contributed by atoms with van der Waals surface area (Å²) in [5, 5.41) is 22.4. The van der Waals surface area contributed by atoms with E-state index in [1.54, 1.807) is 6.92 Å². The fourth-order valence-corrected chi connectivity index (χ4v) is 3.23. The van der Waals surface area contributed by atoms with E-state index >= 15 is 0 Å². The van der Waals surface area contributed by atoms with Crippen molar-refractivity contribution in [2.24, 2.45) is 0 Å². The minimum absolute atomic E-state index is 0.527. The molecule has 2 atom stereocenters. The van der Waals surface area contributed by atoms with E-state index in [4.69, 9.17) is 4.42 Å². The van der Waals surface area contributed by atoms with Crippen LogP contribution >= 0.6 is 0 Å². The molecule has 0 amide bonds. The van der Waals surface area contributed by atoms with E-state index < -0.39 is 12.2 Å². The van der Waals surface area contributed by atoms with Crippen LogP contribution in [0.15, 0.2) is 71.1 Å². The van der Waals surface area contributed by atoms with Gasteiger partial charge in [0.25, 0.3) is 0 Å². The average Bonchev–Trinajstić information content (AvgIpc) is 2.99. The molecule has 1 aromatic heterocycles. The Kier molecular flexibility index (Phi) is 4.04. The molecule has 2 unspecified atom stereocenters. The van der Waals surface area contributed by atoms with Gasteiger partial charge in [-0.3, -0.25) is 0 Å². The molecule has 0 saturated carbocycles. The van der Waals surface area contributed by atoms with Crippen LogP contribution in [-0.4, -0.2) is 10.2 Å². The van der Waals surface area contributed by atoms with Crippen molar-refractivity contribution < 1.29 is 14.6 Å². The Hall–Kier alpha value is -2.62. The van der Waals surface area contributed by atoms with Gasteiger partial charge in [-0.05, 0) is 47.9 Å². The first-order valence-corrected chi connectivity index (χ1v) is 8.48. The summed E-state index contributed by atoms with van der Waals surface area (Å²) in [5.41, 5.74) is 4.39. The third-order valence-electron chi connectivity index (χ3n) is 4.66. The van der Waals surface area contributed by atoms with Crippen molar-refractivity contribution in [3.8, 4) is 0 Å². The SMILES string of the molecule is CC(O)c1ccc2oc3ccc(C(O)Cc4ccccc4)cc3c2c1. The largest absolute Gasteiger partial charge is 0.456 e. The van der Waals surface area contributed by atoms with E-state index in [0.717, 1.165) is 38.6 Å². The second-order valence-corrected chi connectivity index (χ2v) is 6.49. The van der Waals surface area contributed by atoms with Crippen LogP contribution in [0.2, 0.25) is 0 Å². The van der Waals surface area contributed by atoms with Gasteiger partial charge in [0.05, 0.1) is 12.2 Å². The zero-order valence-electron chi connectivity index (χ0n) is 14.0. The van der Waals surface area contributed by atoms with Crippen molar-refractivity contribution in [3.05, 3.63) is 83.4 Å². The summed E-state index contributed by atoms with van der Waals surface area (Å²) in [5.74, 6) is 0. The van der Waals surface area contributed by atoms with E-state index in [0.29, 0.717) is 6.42 Å². The number of rotatable bonds is 4. The smallest absolute Gasteiger partial charge is 0.135 e. The lowest BCUT2D eigenvalue weighted by molar-refractivity contribution is 0.178. The van der Waals surface area contributed by atoms with E-state index in [1.165, 1.54) is 0 Å². The highest BCUT2D eigenvalue weighted by molar-refractivity contribution is 6.05. The van der Waals surface area contributed by atoms with Crippen molar-refractivity contribution in [2.75, 3.05) is 0 Å². The lowest BCUT2D eigenvalue weighted by Gasteiger charge is -2.11. The maximum Gasteiger partial charge on any atom is 0.135 e. The second-order valence-electron chi connectivity index (χ2n) is 6.49. The summed E-state index contributed by atoms with van der Waals surface area (Å²) in [7, 11) is 0. The lowest BCUT2D eigenvalue weighted by atomic mass is 9.99. The number of aliphatic hydroxyl groups excluding tert-OH is 2. The Morgan fingerprint density at radius 1 is 0.800 bits per heavy atom. The number of hydrogen-bond acceptors (Lipinski definition) is 3. The van der Waals surface area contributed by atoms with Gasteiger partial charge in [-0.2, -0.15) is 0 Å². The number of furan rings is 1. The Morgan fingerprint density at radius 2 is 1.40 bits per heavy atom. The minimum atomic E-state index is -0.573. The fourth-order valence-electron chi connectivity index (χ4n) is 3.23. The monoisotopic (exact) mass is 332 g/mol. The van der Waals surface area contributed by atoms with Crippen LogP contribution in [0.5, 0.6) is 0 Å². The number of hydrogen-bond donors (Lipinski definition) is 2. The molecule has 3 aromatic carbocycles. The molecule has 0 spiro atoms. The van der Waals surface area contributed by atoms with Gasteiger partial charge < -0.3 is 14.6 Å². The quantitative estimate of drug-likeness (QED) is 0.558. The van der Waals surface area contributed by atoms with Gasteiger partial charge in [0, 0.05) is 17.2 Å². The summed E-state index contributed by atoms with van der Waals surface area (Å²) in [6, 6.07) is 21.5. The van der Waals surface area contributed by atoms with Gasteiger partial charge in [0.15, 0.2) is 0 Å². The third-order valence-corrected chi connectivity index (χ3v) is 4.66. The van der Waals surface area contributed by atoms with Gasteiger partial charge in [0.2, 0.25) is 0 Å². The van der Waals surface area contributed by atoms with Crippen LogP contribution in [0, 0.1) is 0 Å². The lowest BCUT2D eigenvalue weighted by Crippen LogP contribution is -2.01. The second kappa shape index (κ2) is 6.36. The normalized spacial score (nSPS) is 14.0. The molecule has 0 aliphatic heterocycles. The topological polar surface area (TPSA) is 53.6 Å². The van der Waals surface area contributed by atoms with Crippen molar-refractivity contribution in [3.63, 3.8) is 0 Å². The third kappa shape index (κ3) is 3.04. The molecule has 0 saturated heterocycles. The summed E-state index contributed by atoms with van der Waals surface area (Å²) < 4.78 is 5.88. The van der Waals surface area contributed by atoms with Gasteiger partial charge >= 0.3 is 0 Å². The van der Waals surface area contributed by atoms with E-state index in [2.05, 4.69) is 0 Å². The molecule has 1 heterocycles. The van der Waals surface area contributed by atoms with Gasteiger partial charge in [-0.1, -0.05) is 42.5 Å². The highest BCUT2D eigenvalue weighted by Crippen LogP contribution is 2.33. The van der Waals surface area contributed by atoms with Crippen LogP contribution in [0.4, 0.5) is 0 Å². The molecular formula is C22H20O3. The molecule has 3 heteroatoms. The molecule has 0 bridgehead atoms. The van der Waals surface area contributed by atoms with Crippen LogP contribution in [-0.2, 0) is 6.42 Å². The summed E-state index contributed by atoms with van der Waals surface area (Å²) in [4.78, 5) is 0. The van der Waals surface area contributed by atoms with Crippen LogP contribution in [0.3, 0.4) is 0 Å². The maximum atomic E-state index is 10.6. The molecule has 0 radical (unpaired) electrons. The minimum Gasteiger partial charge on any atom is -0.456 e. The molecule has 0 fully saturated rings. The summed E-state index contributed by atoms with van der Waals surface area (Å²) in [6.45, 7) is 1.75. The predicted octanol–water partition coefficient (Wildman–Crippen LogP) is 4.92. The Balaban J connectivity index is 1.75. The zero-order chi connectivity index (χ0) is 17.4. The average molecular weight is 332 g/mol. The first-order valence-electron chi connectivity index (χ1n) is 8.48. The number of aliphatic hydroxyl groups is 2. The van der Waals surface area contributed by atoms with Crippen molar-refractivity contribution in [1.82, 2.24) is 0 Å². The molecule has 0 aliphatic rings. The summed E-state index contributed by atoms with van der Waals surface area (Å²) >= 11 is 0. The molecule has 0 aliphatic carbocycles. The van der Waals surface area contributed by atoms with Gasteiger partial charge in [0.1, 0.15) is 11.2 Å². The Morgan fingerprint density at radius 3 is 2.04 bits per heavy atom. The maximum absolute atomic E-state index is 10.6. The number of benzene rings is 3. The van der Waals surface area contributed by atoms with Crippen molar-refractivity contribution in [2.45, 2.75) is 25.6 Å². The molecule has 126 valence electrons. The highest BCUT2D eigenvalue weighted by atomic mass is 16.3. The van der Waals surface area contributed by atoms with Crippen molar-refractivity contribution in [1.29, 1.82) is 0 Å². The van der Waals surface area contributed by atoms with Gasteiger partial charge in [-0.25, -0.2) is 0 Å². The molecule has 4 rings (SSSR count). The molecular weight excluding hydrogens is 312 g/mol.